The van der Waals surface area contributed by atoms with Gasteiger partial charge in [0.1, 0.15) is 0 Å². The van der Waals surface area contributed by atoms with Crippen LogP contribution in [0.5, 0.6) is 0 Å². The molecule has 25 heavy (non-hydrogen) atoms. The van der Waals surface area contributed by atoms with Gasteiger partial charge in [0.25, 0.3) is 0 Å². The summed E-state index contributed by atoms with van der Waals surface area (Å²) in [6.45, 7) is 8.47. The molecule has 0 fully saturated rings. The van der Waals surface area contributed by atoms with Gasteiger partial charge in [0, 0.05) is 24.0 Å². The number of aryl methyl sites for hydroxylation is 1. The Morgan fingerprint density at radius 3 is 2.24 bits per heavy atom. The molecule has 0 N–H and O–H groups in total. The van der Waals surface area contributed by atoms with Gasteiger partial charge >= 0.3 is 0 Å². The molecule has 0 saturated carbocycles. The zero-order chi connectivity index (χ0) is 18.2. The monoisotopic (exact) mass is 331 g/mol. The summed E-state index contributed by atoms with van der Waals surface area (Å²) < 4.78 is 0. The van der Waals surface area contributed by atoms with Crippen molar-refractivity contribution < 1.29 is 0 Å². The van der Waals surface area contributed by atoms with Gasteiger partial charge in [0.2, 0.25) is 0 Å². The fourth-order valence-electron chi connectivity index (χ4n) is 2.87. The second-order valence-corrected chi connectivity index (χ2v) is 6.31. The molecule has 0 saturated heterocycles. The van der Waals surface area contributed by atoms with Crippen LogP contribution in [-0.2, 0) is 0 Å². The maximum absolute atomic E-state index is 2.26. The summed E-state index contributed by atoms with van der Waals surface area (Å²) in [4.78, 5) is 2.26. The number of anilines is 2. The fraction of sp³-hybridized carbons (Fsp3) is 0.250. The summed E-state index contributed by atoms with van der Waals surface area (Å²) in [6.07, 6.45) is 5.53. The summed E-state index contributed by atoms with van der Waals surface area (Å²) in [7, 11) is 2.13. The number of nitrogens with zero attached hydrogens (tertiary/aromatic N) is 1. The van der Waals surface area contributed by atoms with Gasteiger partial charge < -0.3 is 4.90 Å². The average molecular weight is 332 g/mol. The van der Waals surface area contributed by atoms with Crippen LogP contribution in [0.3, 0.4) is 0 Å². The van der Waals surface area contributed by atoms with Crippen LogP contribution >= 0.6 is 0 Å². The van der Waals surface area contributed by atoms with Crippen molar-refractivity contribution in [3.8, 4) is 0 Å². The minimum Gasteiger partial charge on any atom is -0.344 e. The lowest BCUT2D eigenvalue weighted by atomic mass is 10.0. The minimum atomic E-state index is 1.20. The summed E-state index contributed by atoms with van der Waals surface area (Å²) in [6, 6.07) is 21.6. The molecular formula is C24H29N. The third-order valence-corrected chi connectivity index (χ3v) is 4.12. The van der Waals surface area contributed by atoms with E-state index in [0.29, 0.717) is 0 Å². The third-order valence-electron chi connectivity index (χ3n) is 4.12. The predicted octanol–water partition coefficient (Wildman–Crippen LogP) is 7.37. The molecule has 0 bridgehead atoms. The smallest absolute Gasteiger partial charge is 0.0484 e. The average Bonchev–Trinajstić information content (AvgIpc) is 2.63. The molecule has 130 valence electrons. The Morgan fingerprint density at radius 2 is 1.56 bits per heavy atom. The third kappa shape index (κ3) is 4.51. The second-order valence-electron chi connectivity index (χ2n) is 6.31. The molecule has 0 heterocycles. The maximum atomic E-state index is 2.26. The molecule has 0 aromatic heterocycles. The van der Waals surface area contributed by atoms with E-state index < -0.39 is 0 Å². The van der Waals surface area contributed by atoms with Crippen LogP contribution in [0.4, 0.5) is 11.4 Å². The Kier molecular flexibility index (Phi) is 6.82. The van der Waals surface area contributed by atoms with Crippen molar-refractivity contribution in [2.75, 3.05) is 11.9 Å². The van der Waals surface area contributed by atoms with Gasteiger partial charge in [-0.1, -0.05) is 74.9 Å². The van der Waals surface area contributed by atoms with Gasteiger partial charge in [-0.05, 0) is 48.4 Å². The summed E-state index contributed by atoms with van der Waals surface area (Å²) >= 11 is 0. The van der Waals surface area contributed by atoms with Crippen molar-refractivity contribution in [1.82, 2.24) is 0 Å². The van der Waals surface area contributed by atoms with Gasteiger partial charge in [-0.25, -0.2) is 0 Å². The number of hydrogen-bond donors (Lipinski definition) is 0. The molecule has 0 spiro atoms. The van der Waals surface area contributed by atoms with Crippen molar-refractivity contribution in [2.45, 2.75) is 34.1 Å². The first-order chi connectivity index (χ1) is 12.1. The number of rotatable bonds is 3. The summed E-state index contributed by atoms with van der Waals surface area (Å²) in [5.74, 6) is 0. The van der Waals surface area contributed by atoms with Crippen LogP contribution in [0.2, 0.25) is 0 Å². The van der Waals surface area contributed by atoms with Crippen LogP contribution in [-0.4, -0.2) is 7.05 Å². The maximum Gasteiger partial charge on any atom is 0.0484 e. The Labute approximate surface area is 152 Å². The Bertz CT molecular complexity index is 846. The largest absolute Gasteiger partial charge is 0.344 e. The number of hydrogen-bond acceptors (Lipinski definition) is 1. The van der Waals surface area contributed by atoms with Crippen molar-refractivity contribution in [2.24, 2.45) is 0 Å². The van der Waals surface area contributed by atoms with E-state index in [1.807, 2.05) is 0 Å². The Morgan fingerprint density at radius 1 is 0.880 bits per heavy atom. The highest BCUT2D eigenvalue weighted by atomic mass is 15.1. The first-order valence-corrected chi connectivity index (χ1v) is 9.07. The van der Waals surface area contributed by atoms with Gasteiger partial charge in [-0.15, -0.1) is 0 Å². The van der Waals surface area contributed by atoms with Crippen LogP contribution < -0.4 is 4.90 Å². The van der Waals surface area contributed by atoms with E-state index >= 15 is 0 Å². The molecule has 3 rings (SSSR count). The first-order valence-electron chi connectivity index (χ1n) is 9.07. The molecule has 0 amide bonds. The minimum absolute atomic E-state index is 1.20. The van der Waals surface area contributed by atoms with Gasteiger partial charge in [0.15, 0.2) is 0 Å². The molecule has 0 atom stereocenters. The van der Waals surface area contributed by atoms with Gasteiger partial charge in [0.05, 0.1) is 0 Å². The molecule has 0 aliphatic carbocycles. The van der Waals surface area contributed by atoms with E-state index in [4.69, 9.17) is 0 Å². The van der Waals surface area contributed by atoms with Crippen molar-refractivity contribution in [3.05, 3.63) is 77.9 Å². The van der Waals surface area contributed by atoms with Crippen LogP contribution in [0.25, 0.3) is 16.8 Å². The highest BCUT2D eigenvalue weighted by Crippen LogP contribution is 2.31. The lowest BCUT2D eigenvalue weighted by Gasteiger charge is -2.23. The summed E-state index contributed by atoms with van der Waals surface area (Å²) in [5, 5.41) is 2.55. The van der Waals surface area contributed by atoms with Gasteiger partial charge in [-0.2, -0.15) is 0 Å². The second kappa shape index (κ2) is 9.08. The van der Waals surface area contributed by atoms with E-state index in [2.05, 4.69) is 112 Å². The normalized spacial score (nSPS) is 10.6. The van der Waals surface area contributed by atoms with Crippen molar-refractivity contribution >= 4 is 28.2 Å². The first kappa shape index (κ1) is 18.8. The number of fused-ring (bicyclic) bond motifs is 1. The highest BCUT2D eigenvalue weighted by Gasteiger charge is 2.09. The Hall–Kier alpha value is -2.54. The molecule has 0 aliphatic heterocycles. The lowest BCUT2D eigenvalue weighted by Crippen LogP contribution is -2.11. The highest BCUT2D eigenvalue weighted by molar-refractivity contribution is 5.87. The van der Waals surface area contributed by atoms with Crippen LogP contribution in [0.15, 0.2) is 66.7 Å². The van der Waals surface area contributed by atoms with Crippen LogP contribution in [0, 0.1) is 6.92 Å². The summed E-state index contributed by atoms with van der Waals surface area (Å²) in [5.41, 5.74) is 5.01. The zero-order valence-electron chi connectivity index (χ0n) is 16.1. The SMILES string of the molecule is C/C=C\c1c(C)cccc1N(C)c1ccc2ccccc2c1.CCC. The van der Waals surface area contributed by atoms with Gasteiger partial charge in [-0.3, -0.25) is 0 Å². The molecule has 3 aromatic rings. The lowest BCUT2D eigenvalue weighted by molar-refractivity contribution is 1.09. The topological polar surface area (TPSA) is 3.24 Å². The molecule has 0 aliphatic rings. The zero-order valence-corrected chi connectivity index (χ0v) is 16.1. The fourth-order valence-corrected chi connectivity index (χ4v) is 2.87. The molecule has 0 radical (unpaired) electrons. The van der Waals surface area contributed by atoms with Crippen LogP contribution in [0.1, 0.15) is 38.3 Å². The number of benzene rings is 3. The molecule has 3 aromatic carbocycles. The van der Waals surface area contributed by atoms with E-state index in [1.165, 1.54) is 39.7 Å². The van der Waals surface area contributed by atoms with Crippen molar-refractivity contribution in [3.63, 3.8) is 0 Å². The number of allylic oxidation sites excluding steroid dienone is 1. The quantitative estimate of drug-likeness (QED) is 0.484. The molecule has 1 nitrogen and oxygen atoms in total. The standard InChI is InChI=1S/C21H21N.C3H8/c1-4-8-20-16(2)9-7-12-21(20)22(3)19-14-13-17-10-5-6-11-18(17)15-19;1-3-2/h4-15H,1-3H3;3H2,1-2H3/b8-4-;. The molecular weight excluding hydrogens is 302 g/mol. The predicted molar refractivity (Wildman–Crippen MR) is 114 cm³/mol. The molecule has 1 heteroatoms. The van der Waals surface area contributed by atoms with E-state index in [9.17, 15) is 0 Å². The van der Waals surface area contributed by atoms with Crippen molar-refractivity contribution in [1.29, 1.82) is 0 Å². The van der Waals surface area contributed by atoms with E-state index in [0.717, 1.165) is 0 Å². The van der Waals surface area contributed by atoms with E-state index in [1.54, 1.807) is 0 Å². The molecule has 0 unspecified atom stereocenters. The van der Waals surface area contributed by atoms with E-state index in [-0.39, 0.29) is 0 Å². The Balaban J connectivity index is 0.000000701.